The van der Waals surface area contributed by atoms with Crippen molar-refractivity contribution >= 4 is 11.6 Å². The number of piperazine rings is 1. The van der Waals surface area contributed by atoms with Gasteiger partial charge in [0.2, 0.25) is 0 Å². The lowest BCUT2D eigenvalue weighted by Gasteiger charge is -2.27. The summed E-state index contributed by atoms with van der Waals surface area (Å²) >= 11 is 5.62. The van der Waals surface area contributed by atoms with E-state index in [1.165, 1.54) is 0 Å². The molecule has 0 aliphatic carbocycles. The molecule has 1 aromatic carbocycles. The maximum absolute atomic E-state index is 13.6. The maximum Gasteiger partial charge on any atom is 0.167 e. The van der Waals surface area contributed by atoms with Crippen molar-refractivity contribution in [1.29, 1.82) is 0 Å². The fourth-order valence-electron chi connectivity index (χ4n) is 1.87. The normalized spacial score (nSPS) is 17.4. The molecular formula is C11H13ClF2N2O. The van der Waals surface area contributed by atoms with Crippen LogP contribution < -0.4 is 5.32 Å². The molecule has 0 aromatic heterocycles. The zero-order valence-corrected chi connectivity index (χ0v) is 9.90. The smallest absolute Gasteiger partial charge is 0.167 e. The molecule has 0 unspecified atom stereocenters. The lowest BCUT2D eigenvalue weighted by molar-refractivity contribution is 0.226. The first-order chi connectivity index (χ1) is 8.09. The molecule has 1 fully saturated rings. The van der Waals surface area contributed by atoms with Crippen molar-refractivity contribution < 1.29 is 13.9 Å². The third kappa shape index (κ3) is 2.68. The summed E-state index contributed by atoms with van der Waals surface area (Å²) in [7, 11) is 0. The van der Waals surface area contributed by atoms with Gasteiger partial charge in [0.25, 0.3) is 0 Å². The van der Waals surface area contributed by atoms with Gasteiger partial charge < -0.3 is 10.4 Å². The van der Waals surface area contributed by atoms with E-state index >= 15 is 0 Å². The topological polar surface area (TPSA) is 35.5 Å². The molecule has 1 heterocycles. The number of hydrogen-bond acceptors (Lipinski definition) is 3. The molecule has 0 saturated carbocycles. The molecule has 1 aliphatic rings. The van der Waals surface area contributed by atoms with Gasteiger partial charge in [0.05, 0.1) is 5.02 Å². The Bertz CT molecular complexity index is 396. The summed E-state index contributed by atoms with van der Waals surface area (Å²) in [6, 6.07) is 0.785. The van der Waals surface area contributed by atoms with Gasteiger partial charge in [-0.1, -0.05) is 11.6 Å². The molecular weight excluding hydrogens is 250 g/mol. The number of aromatic hydroxyl groups is 1. The molecule has 0 amide bonds. The first-order valence-corrected chi connectivity index (χ1v) is 5.76. The van der Waals surface area contributed by atoms with E-state index in [4.69, 9.17) is 11.6 Å². The molecule has 6 heteroatoms. The summed E-state index contributed by atoms with van der Waals surface area (Å²) in [5, 5.41) is 12.6. The zero-order chi connectivity index (χ0) is 12.4. The molecule has 2 rings (SSSR count). The van der Waals surface area contributed by atoms with Gasteiger partial charge in [-0.15, -0.1) is 0 Å². The Hall–Kier alpha value is -0.910. The van der Waals surface area contributed by atoms with Crippen molar-refractivity contribution in [2.24, 2.45) is 0 Å². The standard InChI is InChI=1S/C11H13ClF2N2O/c12-8-5-9(13)10(14)7(11(8)17)6-16-3-1-15-2-4-16/h5,15,17H,1-4,6H2. The average molecular weight is 263 g/mol. The molecule has 0 radical (unpaired) electrons. The van der Waals surface area contributed by atoms with Crippen LogP contribution in [0.4, 0.5) is 8.78 Å². The van der Waals surface area contributed by atoms with E-state index in [2.05, 4.69) is 5.32 Å². The van der Waals surface area contributed by atoms with Crippen LogP contribution in [0.15, 0.2) is 6.07 Å². The van der Waals surface area contributed by atoms with Crippen molar-refractivity contribution in [3.63, 3.8) is 0 Å². The van der Waals surface area contributed by atoms with E-state index in [9.17, 15) is 13.9 Å². The SMILES string of the molecule is Oc1c(Cl)cc(F)c(F)c1CN1CCNCC1. The van der Waals surface area contributed by atoms with E-state index in [-0.39, 0.29) is 22.9 Å². The van der Waals surface area contributed by atoms with Crippen LogP contribution in [-0.4, -0.2) is 36.2 Å². The van der Waals surface area contributed by atoms with E-state index < -0.39 is 11.6 Å². The third-order valence-electron chi connectivity index (χ3n) is 2.83. The van der Waals surface area contributed by atoms with E-state index in [1.54, 1.807) is 0 Å². The van der Waals surface area contributed by atoms with Gasteiger partial charge in [-0.2, -0.15) is 0 Å². The van der Waals surface area contributed by atoms with Crippen molar-refractivity contribution in [2.45, 2.75) is 6.54 Å². The summed E-state index contributed by atoms with van der Waals surface area (Å²) < 4.78 is 26.7. The number of rotatable bonds is 2. The largest absolute Gasteiger partial charge is 0.506 e. The van der Waals surface area contributed by atoms with Gasteiger partial charge in [-0.25, -0.2) is 8.78 Å². The van der Waals surface area contributed by atoms with Crippen molar-refractivity contribution in [1.82, 2.24) is 10.2 Å². The van der Waals surface area contributed by atoms with Crippen LogP contribution in [0.25, 0.3) is 0 Å². The minimum absolute atomic E-state index is 0.0723. The highest BCUT2D eigenvalue weighted by Gasteiger charge is 2.20. The number of phenolic OH excluding ortho intramolecular Hbond substituents is 1. The molecule has 1 aromatic rings. The highest BCUT2D eigenvalue weighted by atomic mass is 35.5. The van der Waals surface area contributed by atoms with Gasteiger partial charge in [0, 0.05) is 38.3 Å². The van der Waals surface area contributed by atoms with Crippen molar-refractivity contribution in [2.75, 3.05) is 26.2 Å². The van der Waals surface area contributed by atoms with Crippen LogP contribution in [0, 0.1) is 11.6 Å². The van der Waals surface area contributed by atoms with Gasteiger partial charge in [0.1, 0.15) is 5.75 Å². The summed E-state index contributed by atoms with van der Waals surface area (Å²) in [4.78, 5) is 1.93. The molecule has 1 saturated heterocycles. The van der Waals surface area contributed by atoms with Crippen LogP contribution in [0.3, 0.4) is 0 Å². The Labute approximate surface area is 103 Å². The molecule has 17 heavy (non-hydrogen) atoms. The lowest BCUT2D eigenvalue weighted by atomic mass is 10.1. The molecule has 1 aliphatic heterocycles. The van der Waals surface area contributed by atoms with Crippen LogP contribution in [-0.2, 0) is 6.54 Å². The van der Waals surface area contributed by atoms with Gasteiger partial charge in [-0.05, 0) is 6.07 Å². The summed E-state index contributed by atoms with van der Waals surface area (Å²) in [5.74, 6) is -2.42. The number of halogens is 3. The van der Waals surface area contributed by atoms with E-state index in [0.717, 1.165) is 32.2 Å². The lowest BCUT2D eigenvalue weighted by Crippen LogP contribution is -2.43. The highest BCUT2D eigenvalue weighted by molar-refractivity contribution is 6.32. The number of phenols is 1. The van der Waals surface area contributed by atoms with Crippen LogP contribution in [0.5, 0.6) is 5.75 Å². The number of nitrogens with one attached hydrogen (secondary N) is 1. The highest BCUT2D eigenvalue weighted by Crippen LogP contribution is 2.32. The fourth-order valence-corrected chi connectivity index (χ4v) is 2.08. The van der Waals surface area contributed by atoms with Crippen LogP contribution >= 0.6 is 11.6 Å². The fraction of sp³-hybridized carbons (Fsp3) is 0.455. The van der Waals surface area contributed by atoms with Gasteiger partial charge in [0.15, 0.2) is 11.6 Å². The predicted octanol–water partition coefficient (Wildman–Crippen LogP) is 1.73. The second-order valence-electron chi connectivity index (χ2n) is 4.01. The molecule has 2 N–H and O–H groups in total. The van der Waals surface area contributed by atoms with E-state index in [1.807, 2.05) is 4.90 Å². The number of benzene rings is 1. The molecule has 3 nitrogen and oxygen atoms in total. The second kappa shape index (κ2) is 5.16. The minimum Gasteiger partial charge on any atom is -0.506 e. The maximum atomic E-state index is 13.6. The summed E-state index contributed by atoms with van der Waals surface area (Å²) in [6.45, 7) is 3.22. The Kier molecular flexibility index (Phi) is 3.81. The number of hydrogen-bond donors (Lipinski definition) is 2. The van der Waals surface area contributed by atoms with Gasteiger partial charge in [-0.3, -0.25) is 4.90 Å². The molecule has 0 bridgehead atoms. The first kappa shape index (κ1) is 12.5. The van der Waals surface area contributed by atoms with Gasteiger partial charge >= 0.3 is 0 Å². The monoisotopic (exact) mass is 262 g/mol. The Morgan fingerprint density at radius 3 is 2.65 bits per heavy atom. The zero-order valence-electron chi connectivity index (χ0n) is 9.14. The van der Waals surface area contributed by atoms with E-state index in [0.29, 0.717) is 0 Å². The Morgan fingerprint density at radius 2 is 2.00 bits per heavy atom. The molecule has 0 atom stereocenters. The second-order valence-corrected chi connectivity index (χ2v) is 4.41. The first-order valence-electron chi connectivity index (χ1n) is 5.38. The molecule has 0 spiro atoms. The van der Waals surface area contributed by atoms with Crippen molar-refractivity contribution in [3.05, 3.63) is 28.3 Å². The summed E-state index contributed by atoms with van der Waals surface area (Å²) in [6.07, 6.45) is 0. The Balaban J connectivity index is 2.24. The third-order valence-corrected chi connectivity index (χ3v) is 3.12. The van der Waals surface area contributed by atoms with Crippen molar-refractivity contribution in [3.8, 4) is 5.75 Å². The molecule has 94 valence electrons. The minimum atomic E-state index is -1.03. The summed E-state index contributed by atoms with van der Waals surface area (Å²) in [5.41, 5.74) is -0.0723. The van der Waals surface area contributed by atoms with Crippen LogP contribution in [0.2, 0.25) is 5.02 Å². The number of nitrogens with zero attached hydrogens (tertiary/aromatic N) is 1. The van der Waals surface area contributed by atoms with Crippen LogP contribution in [0.1, 0.15) is 5.56 Å². The quantitative estimate of drug-likeness (QED) is 0.797. The average Bonchev–Trinajstić information content (AvgIpc) is 2.33. The Morgan fingerprint density at radius 1 is 1.35 bits per heavy atom. The predicted molar refractivity (Wildman–Crippen MR) is 61.2 cm³/mol.